The molecule has 1 aromatic carbocycles. The highest BCUT2D eigenvalue weighted by atomic mass is 16.1. The SMILES string of the molecule is Cc1nccc(N2CCC(N3CCCC(C(=O)NCCc4ccccc4)C3)CC2)n1. The van der Waals surface area contributed by atoms with Gasteiger partial charge in [-0.25, -0.2) is 9.97 Å². The Morgan fingerprint density at radius 3 is 2.67 bits per heavy atom. The predicted molar refractivity (Wildman–Crippen MR) is 119 cm³/mol. The minimum Gasteiger partial charge on any atom is -0.356 e. The van der Waals surface area contributed by atoms with Crippen molar-refractivity contribution in [2.75, 3.05) is 37.6 Å². The Morgan fingerprint density at radius 2 is 1.90 bits per heavy atom. The van der Waals surface area contributed by atoms with Gasteiger partial charge in [0.05, 0.1) is 5.92 Å². The summed E-state index contributed by atoms with van der Waals surface area (Å²) < 4.78 is 0. The highest BCUT2D eigenvalue weighted by molar-refractivity contribution is 5.79. The second-order valence-electron chi connectivity index (χ2n) is 8.54. The fourth-order valence-electron chi connectivity index (χ4n) is 4.75. The molecule has 4 rings (SSSR count). The molecule has 30 heavy (non-hydrogen) atoms. The number of benzene rings is 1. The van der Waals surface area contributed by atoms with Crippen molar-refractivity contribution in [1.29, 1.82) is 0 Å². The maximum absolute atomic E-state index is 12.7. The molecule has 2 aromatic rings. The third-order valence-electron chi connectivity index (χ3n) is 6.45. The Kier molecular flexibility index (Phi) is 6.95. The standard InChI is InChI=1S/C24H33N5O/c1-19-25-14-10-23(27-19)28-16-11-22(12-17-28)29-15-5-8-21(18-29)24(30)26-13-9-20-6-3-2-4-7-20/h2-4,6-7,10,14,21-22H,5,8-9,11-13,15-18H2,1H3,(H,26,30). The summed E-state index contributed by atoms with van der Waals surface area (Å²) >= 11 is 0. The number of carbonyl (C=O) groups excluding carboxylic acids is 1. The molecule has 1 unspecified atom stereocenters. The first kappa shape index (κ1) is 20.8. The number of aromatic nitrogens is 2. The van der Waals surface area contributed by atoms with E-state index in [1.807, 2.05) is 37.4 Å². The van der Waals surface area contributed by atoms with E-state index >= 15 is 0 Å². The van der Waals surface area contributed by atoms with Crippen LogP contribution in [0, 0.1) is 12.8 Å². The molecule has 1 amide bonds. The number of hydrogen-bond donors (Lipinski definition) is 1. The first-order valence-electron chi connectivity index (χ1n) is 11.3. The lowest BCUT2D eigenvalue weighted by Crippen LogP contribution is -2.51. The Labute approximate surface area is 179 Å². The Bertz CT molecular complexity index is 819. The van der Waals surface area contributed by atoms with E-state index in [-0.39, 0.29) is 11.8 Å². The maximum atomic E-state index is 12.7. The fourth-order valence-corrected chi connectivity index (χ4v) is 4.75. The lowest BCUT2D eigenvalue weighted by atomic mass is 9.93. The molecular weight excluding hydrogens is 374 g/mol. The maximum Gasteiger partial charge on any atom is 0.224 e. The average Bonchev–Trinajstić information content (AvgIpc) is 2.80. The number of anilines is 1. The quantitative estimate of drug-likeness (QED) is 0.798. The van der Waals surface area contributed by atoms with E-state index in [1.54, 1.807) is 0 Å². The van der Waals surface area contributed by atoms with Crippen LogP contribution < -0.4 is 10.2 Å². The molecule has 3 heterocycles. The number of piperidine rings is 2. The summed E-state index contributed by atoms with van der Waals surface area (Å²) in [4.78, 5) is 26.4. The lowest BCUT2D eigenvalue weighted by molar-refractivity contribution is -0.127. The first-order chi connectivity index (χ1) is 14.7. The summed E-state index contributed by atoms with van der Waals surface area (Å²) in [5, 5.41) is 3.17. The Balaban J connectivity index is 1.23. The average molecular weight is 408 g/mol. The topological polar surface area (TPSA) is 61.4 Å². The van der Waals surface area contributed by atoms with Crippen molar-refractivity contribution < 1.29 is 4.79 Å². The summed E-state index contributed by atoms with van der Waals surface area (Å²) in [7, 11) is 0. The summed E-state index contributed by atoms with van der Waals surface area (Å²) in [5.41, 5.74) is 1.27. The molecule has 1 N–H and O–H groups in total. The molecule has 1 atom stereocenters. The van der Waals surface area contributed by atoms with E-state index in [9.17, 15) is 4.79 Å². The van der Waals surface area contributed by atoms with Gasteiger partial charge < -0.3 is 10.2 Å². The molecule has 0 radical (unpaired) electrons. The molecule has 0 aliphatic carbocycles. The third kappa shape index (κ3) is 5.36. The number of likely N-dealkylation sites (tertiary alicyclic amines) is 1. The van der Waals surface area contributed by atoms with Crippen LogP contribution in [0.1, 0.15) is 37.1 Å². The molecule has 2 aliphatic heterocycles. The molecule has 0 saturated carbocycles. The van der Waals surface area contributed by atoms with Crippen molar-refractivity contribution in [1.82, 2.24) is 20.2 Å². The Hall–Kier alpha value is -2.47. The van der Waals surface area contributed by atoms with Crippen molar-refractivity contribution >= 4 is 11.7 Å². The van der Waals surface area contributed by atoms with Gasteiger partial charge in [-0.05, 0) is 57.2 Å². The monoisotopic (exact) mass is 407 g/mol. The van der Waals surface area contributed by atoms with Crippen molar-refractivity contribution in [2.24, 2.45) is 5.92 Å². The van der Waals surface area contributed by atoms with Crippen LogP contribution in [0.15, 0.2) is 42.6 Å². The van der Waals surface area contributed by atoms with Crippen LogP contribution in [0.3, 0.4) is 0 Å². The third-order valence-corrected chi connectivity index (χ3v) is 6.45. The second kappa shape index (κ2) is 10.0. The number of nitrogens with one attached hydrogen (secondary N) is 1. The second-order valence-corrected chi connectivity index (χ2v) is 8.54. The molecule has 6 nitrogen and oxygen atoms in total. The van der Waals surface area contributed by atoms with Crippen LogP contribution in [-0.2, 0) is 11.2 Å². The minimum atomic E-state index is 0.122. The number of rotatable bonds is 6. The number of nitrogens with zero attached hydrogens (tertiary/aromatic N) is 4. The van der Waals surface area contributed by atoms with E-state index in [0.29, 0.717) is 6.04 Å². The summed E-state index contributed by atoms with van der Waals surface area (Å²) in [6.07, 6.45) is 7.12. The molecule has 2 fully saturated rings. The zero-order chi connectivity index (χ0) is 20.8. The lowest BCUT2D eigenvalue weighted by Gasteiger charge is -2.42. The van der Waals surface area contributed by atoms with E-state index in [0.717, 1.165) is 76.5 Å². The molecule has 0 spiro atoms. The normalized spacial score (nSPS) is 20.8. The van der Waals surface area contributed by atoms with E-state index < -0.39 is 0 Å². The largest absolute Gasteiger partial charge is 0.356 e. The Morgan fingerprint density at radius 1 is 1.10 bits per heavy atom. The smallest absolute Gasteiger partial charge is 0.224 e. The molecule has 2 saturated heterocycles. The van der Waals surface area contributed by atoms with Crippen LogP contribution in [0.4, 0.5) is 5.82 Å². The van der Waals surface area contributed by atoms with Crippen LogP contribution >= 0.6 is 0 Å². The highest BCUT2D eigenvalue weighted by Gasteiger charge is 2.31. The summed E-state index contributed by atoms with van der Waals surface area (Å²) in [6, 6.07) is 12.9. The zero-order valence-electron chi connectivity index (χ0n) is 18.0. The molecule has 0 bridgehead atoms. The van der Waals surface area contributed by atoms with Gasteiger partial charge in [-0.1, -0.05) is 30.3 Å². The van der Waals surface area contributed by atoms with Crippen LogP contribution in [0.25, 0.3) is 0 Å². The van der Waals surface area contributed by atoms with Gasteiger partial charge in [0, 0.05) is 38.4 Å². The van der Waals surface area contributed by atoms with Crippen LogP contribution in [-0.4, -0.2) is 59.5 Å². The van der Waals surface area contributed by atoms with Crippen molar-refractivity contribution in [2.45, 2.75) is 45.1 Å². The van der Waals surface area contributed by atoms with Crippen molar-refractivity contribution in [3.05, 3.63) is 54.0 Å². The molecule has 6 heteroatoms. The van der Waals surface area contributed by atoms with E-state index in [4.69, 9.17) is 0 Å². The highest BCUT2D eigenvalue weighted by Crippen LogP contribution is 2.25. The summed E-state index contributed by atoms with van der Waals surface area (Å²) in [6.45, 7) is 6.71. The zero-order valence-corrected chi connectivity index (χ0v) is 18.0. The van der Waals surface area contributed by atoms with Gasteiger partial charge >= 0.3 is 0 Å². The first-order valence-corrected chi connectivity index (χ1v) is 11.3. The minimum absolute atomic E-state index is 0.122. The molecular formula is C24H33N5O. The van der Waals surface area contributed by atoms with Crippen LogP contribution in [0.5, 0.6) is 0 Å². The van der Waals surface area contributed by atoms with Gasteiger partial charge in [-0.3, -0.25) is 9.69 Å². The molecule has 160 valence electrons. The molecule has 2 aliphatic rings. The summed E-state index contributed by atoms with van der Waals surface area (Å²) in [5.74, 6) is 2.21. The molecule has 1 aromatic heterocycles. The van der Waals surface area contributed by atoms with Crippen molar-refractivity contribution in [3.63, 3.8) is 0 Å². The predicted octanol–water partition coefficient (Wildman–Crippen LogP) is 2.82. The number of hydrogen-bond acceptors (Lipinski definition) is 5. The van der Waals surface area contributed by atoms with Gasteiger partial charge in [0.2, 0.25) is 5.91 Å². The fraction of sp³-hybridized carbons (Fsp3) is 0.542. The van der Waals surface area contributed by atoms with Crippen molar-refractivity contribution in [3.8, 4) is 0 Å². The number of carbonyl (C=O) groups is 1. The van der Waals surface area contributed by atoms with E-state index in [2.05, 4.69) is 37.2 Å². The van der Waals surface area contributed by atoms with Crippen LogP contribution in [0.2, 0.25) is 0 Å². The van der Waals surface area contributed by atoms with Gasteiger partial charge in [0.1, 0.15) is 11.6 Å². The van der Waals surface area contributed by atoms with Gasteiger partial charge in [0.15, 0.2) is 0 Å². The number of aryl methyl sites for hydroxylation is 1. The number of amides is 1. The van der Waals surface area contributed by atoms with Gasteiger partial charge in [-0.15, -0.1) is 0 Å². The van der Waals surface area contributed by atoms with Gasteiger partial charge in [-0.2, -0.15) is 0 Å². The van der Waals surface area contributed by atoms with Gasteiger partial charge in [0.25, 0.3) is 0 Å². The van der Waals surface area contributed by atoms with E-state index in [1.165, 1.54) is 5.56 Å².